The van der Waals surface area contributed by atoms with Crippen LogP contribution in [0.5, 0.6) is 0 Å². The molecule has 2 aromatic carbocycles. The summed E-state index contributed by atoms with van der Waals surface area (Å²) in [6, 6.07) is 17.3. The Hall–Kier alpha value is -3.81. The normalized spacial score (nSPS) is 17.5. The molecule has 1 amide bonds. The van der Waals surface area contributed by atoms with Gasteiger partial charge >= 0.3 is 12.1 Å². The number of carboxylic acids is 1. The van der Waals surface area contributed by atoms with Crippen LogP contribution in [0.3, 0.4) is 0 Å². The summed E-state index contributed by atoms with van der Waals surface area (Å²) in [7, 11) is 0. The van der Waals surface area contributed by atoms with E-state index in [1.54, 1.807) is 6.92 Å². The number of rotatable bonds is 7. The molecule has 34 heavy (non-hydrogen) atoms. The minimum absolute atomic E-state index is 0.0801. The third kappa shape index (κ3) is 4.00. The summed E-state index contributed by atoms with van der Waals surface area (Å²) in [5, 5.41) is 16.3. The number of nitrogens with one attached hydrogen (secondary N) is 1. The van der Waals surface area contributed by atoms with Gasteiger partial charge in [-0.1, -0.05) is 47.6 Å². The Balaban J connectivity index is 1.20. The van der Waals surface area contributed by atoms with Crippen LogP contribution in [0.15, 0.2) is 59.1 Å². The number of carbonyl (C=O) groups excluding carboxylic acids is 1. The van der Waals surface area contributed by atoms with Crippen molar-refractivity contribution in [2.45, 2.75) is 44.1 Å². The summed E-state index contributed by atoms with van der Waals surface area (Å²) < 4.78 is 11.1. The molecule has 2 heterocycles. The van der Waals surface area contributed by atoms with Gasteiger partial charge in [0.2, 0.25) is 0 Å². The fraction of sp³-hybridized carbons (Fsp3) is 0.346. The molecule has 8 nitrogen and oxygen atoms in total. The molecule has 176 valence electrons. The molecule has 1 aliphatic heterocycles. The Labute approximate surface area is 197 Å². The lowest BCUT2D eigenvalue weighted by Gasteiger charge is -2.40. The van der Waals surface area contributed by atoms with Gasteiger partial charge in [0.25, 0.3) is 0 Å². The molecule has 2 aliphatic rings. The number of hydrogen-bond donors (Lipinski definition) is 2. The molecule has 0 unspecified atom stereocenters. The van der Waals surface area contributed by atoms with Crippen LogP contribution in [-0.2, 0) is 14.9 Å². The SMILES string of the molecule is Cc1noc(C2CN(c3ccc(C4(C(=O)O)CC4)cc3)C2)c1NC(=O)O[C@H](C)c1ccccc1. The lowest BCUT2D eigenvalue weighted by molar-refractivity contribution is -0.140. The molecule has 1 saturated carbocycles. The van der Waals surface area contributed by atoms with Gasteiger partial charge in [-0.05, 0) is 49.9 Å². The number of carbonyl (C=O) groups is 2. The van der Waals surface area contributed by atoms with E-state index >= 15 is 0 Å². The van der Waals surface area contributed by atoms with Gasteiger partial charge in [0, 0.05) is 18.8 Å². The molecule has 2 fully saturated rings. The molecule has 2 N–H and O–H groups in total. The van der Waals surface area contributed by atoms with Gasteiger partial charge in [0.1, 0.15) is 17.5 Å². The van der Waals surface area contributed by atoms with E-state index < -0.39 is 17.5 Å². The van der Waals surface area contributed by atoms with Gasteiger partial charge in [-0.15, -0.1) is 0 Å². The van der Waals surface area contributed by atoms with Crippen molar-refractivity contribution in [3.8, 4) is 0 Å². The van der Waals surface area contributed by atoms with Crippen molar-refractivity contribution in [3.63, 3.8) is 0 Å². The van der Waals surface area contributed by atoms with Crippen LogP contribution in [-0.4, -0.2) is 35.4 Å². The van der Waals surface area contributed by atoms with Crippen molar-refractivity contribution in [1.29, 1.82) is 0 Å². The van der Waals surface area contributed by atoms with Crippen LogP contribution in [0.2, 0.25) is 0 Å². The number of anilines is 2. The van der Waals surface area contributed by atoms with Gasteiger partial charge in [0.15, 0.2) is 5.76 Å². The molecular weight excluding hydrogens is 434 g/mol. The van der Waals surface area contributed by atoms with Crippen molar-refractivity contribution in [2.24, 2.45) is 0 Å². The summed E-state index contributed by atoms with van der Waals surface area (Å²) >= 11 is 0. The minimum atomic E-state index is -0.748. The first-order valence-electron chi connectivity index (χ1n) is 11.4. The summed E-state index contributed by atoms with van der Waals surface area (Å²) in [6.07, 6.45) is 0.451. The van der Waals surface area contributed by atoms with Crippen molar-refractivity contribution < 1.29 is 24.0 Å². The zero-order valence-electron chi connectivity index (χ0n) is 19.2. The van der Waals surface area contributed by atoms with Crippen LogP contribution >= 0.6 is 0 Å². The van der Waals surface area contributed by atoms with Crippen LogP contribution < -0.4 is 10.2 Å². The second-order valence-corrected chi connectivity index (χ2v) is 9.13. The quantitative estimate of drug-likeness (QED) is 0.509. The molecule has 0 bridgehead atoms. The zero-order valence-corrected chi connectivity index (χ0v) is 19.2. The number of aliphatic carboxylic acids is 1. The number of ether oxygens (including phenoxy) is 1. The second kappa shape index (κ2) is 8.52. The predicted molar refractivity (Wildman–Crippen MR) is 126 cm³/mol. The van der Waals surface area contributed by atoms with E-state index in [-0.39, 0.29) is 12.0 Å². The molecule has 1 saturated heterocycles. The van der Waals surface area contributed by atoms with Gasteiger partial charge in [0.05, 0.1) is 11.3 Å². The Morgan fingerprint density at radius 2 is 1.82 bits per heavy atom. The maximum atomic E-state index is 12.5. The van der Waals surface area contributed by atoms with Crippen molar-refractivity contribution in [1.82, 2.24) is 5.16 Å². The Kier molecular flexibility index (Phi) is 5.51. The Morgan fingerprint density at radius 3 is 2.44 bits per heavy atom. The third-order valence-electron chi connectivity index (χ3n) is 6.87. The average Bonchev–Trinajstić information content (AvgIpc) is 3.55. The Morgan fingerprint density at radius 1 is 1.15 bits per heavy atom. The molecule has 5 rings (SSSR count). The highest BCUT2D eigenvalue weighted by Crippen LogP contribution is 2.49. The van der Waals surface area contributed by atoms with E-state index in [0.717, 1.165) is 16.8 Å². The highest BCUT2D eigenvalue weighted by Gasteiger charge is 2.51. The standard InChI is InChI=1S/C26H27N3O5/c1-16-22(27-25(32)33-17(2)18-6-4-3-5-7-18)23(34-28-16)19-14-29(15-19)21-10-8-20(9-11-21)26(12-13-26)24(30)31/h3-11,17,19H,12-15H2,1-2H3,(H,27,32)(H,30,31)/t17-/m1/s1. The van der Waals surface area contributed by atoms with E-state index in [2.05, 4.69) is 15.4 Å². The first kappa shape index (κ1) is 22.0. The highest BCUT2D eigenvalue weighted by molar-refractivity contribution is 5.86. The van der Waals surface area contributed by atoms with Gasteiger partial charge in [-0.2, -0.15) is 0 Å². The van der Waals surface area contributed by atoms with Gasteiger partial charge in [-0.25, -0.2) is 4.79 Å². The molecule has 0 spiro atoms. The molecule has 0 radical (unpaired) electrons. The smallest absolute Gasteiger partial charge is 0.412 e. The van der Waals surface area contributed by atoms with Crippen molar-refractivity contribution in [3.05, 3.63) is 77.2 Å². The number of benzene rings is 2. The summed E-state index contributed by atoms with van der Waals surface area (Å²) in [5.74, 6) is -0.0318. The number of aryl methyl sites for hydroxylation is 1. The maximum Gasteiger partial charge on any atom is 0.412 e. The lowest BCUT2D eigenvalue weighted by Crippen LogP contribution is -2.45. The molecule has 8 heteroatoms. The average molecular weight is 462 g/mol. The van der Waals surface area contributed by atoms with E-state index in [9.17, 15) is 14.7 Å². The predicted octanol–water partition coefficient (Wildman–Crippen LogP) is 5.01. The number of carboxylic acid groups (broad SMARTS) is 1. The molecule has 1 atom stereocenters. The second-order valence-electron chi connectivity index (χ2n) is 9.13. The zero-order chi connectivity index (χ0) is 23.9. The van der Waals surface area contributed by atoms with Crippen LogP contribution in [0.1, 0.15) is 54.4 Å². The topological polar surface area (TPSA) is 105 Å². The third-order valence-corrected chi connectivity index (χ3v) is 6.87. The largest absolute Gasteiger partial charge is 0.481 e. The molecule has 3 aromatic rings. The van der Waals surface area contributed by atoms with E-state index in [1.165, 1.54) is 0 Å². The van der Waals surface area contributed by atoms with Crippen LogP contribution in [0.25, 0.3) is 0 Å². The highest BCUT2D eigenvalue weighted by atomic mass is 16.6. The Bertz CT molecular complexity index is 1190. The number of amides is 1. The summed E-state index contributed by atoms with van der Waals surface area (Å²) in [4.78, 5) is 26.3. The molecule has 1 aliphatic carbocycles. The van der Waals surface area contributed by atoms with Crippen LogP contribution in [0, 0.1) is 6.92 Å². The van der Waals surface area contributed by atoms with E-state index in [4.69, 9.17) is 9.26 Å². The summed E-state index contributed by atoms with van der Waals surface area (Å²) in [5.41, 5.74) is 3.27. The minimum Gasteiger partial charge on any atom is -0.481 e. The number of nitrogens with zero attached hydrogens (tertiary/aromatic N) is 2. The van der Waals surface area contributed by atoms with Gasteiger partial charge in [-0.3, -0.25) is 10.1 Å². The monoisotopic (exact) mass is 461 g/mol. The van der Waals surface area contributed by atoms with E-state index in [1.807, 2.05) is 61.5 Å². The van der Waals surface area contributed by atoms with Crippen LogP contribution in [0.4, 0.5) is 16.2 Å². The van der Waals surface area contributed by atoms with Crippen molar-refractivity contribution in [2.75, 3.05) is 23.3 Å². The molecule has 1 aromatic heterocycles. The van der Waals surface area contributed by atoms with Gasteiger partial charge < -0.3 is 19.3 Å². The van der Waals surface area contributed by atoms with Crippen molar-refractivity contribution >= 4 is 23.4 Å². The fourth-order valence-corrected chi connectivity index (χ4v) is 4.50. The fourth-order valence-electron chi connectivity index (χ4n) is 4.50. The first-order chi connectivity index (χ1) is 16.4. The van der Waals surface area contributed by atoms with E-state index in [0.29, 0.717) is 43.1 Å². The molecular formula is C26H27N3O5. The number of aromatic nitrogens is 1. The lowest BCUT2D eigenvalue weighted by atomic mass is 9.93. The number of hydrogen-bond acceptors (Lipinski definition) is 6. The summed E-state index contributed by atoms with van der Waals surface area (Å²) in [6.45, 7) is 5.03. The maximum absolute atomic E-state index is 12.5. The first-order valence-corrected chi connectivity index (χ1v) is 11.4.